The van der Waals surface area contributed by atoms with Crippen molar-refractivity contribution in [2.75, 3.05) is 4.72 Å². The van der Waals surface area contributed by atoms with Crippen molar-refractivity contribution in [3.8, 4) is 6.07 Å². The van der Waals surface area contributed by atoms with E-state index in [2.05, 4.69) is 4.72 Å². The van der Waals surface area contributed by atoms with E-state index in [9.17, 15) is 13.2 Å². The zero-order valence-corrected chi connectivity index (χ0v) is 11.5. The van der Waals surface area contributed by atoms with E-state index in [0.717, 1.165) is 11.3 Å². The number of nitriles is 1. The van der Waals surface area contributed by atoms with E-state index < -0.39 is 16.0 Å². The summed E-state index contributed by atoms with van der Waals surface area (Å²) >= 11 is 0.842. The highest BCUT2D eigenvalue weighted by molar-refractivity contribution is 7.94. The van der Waals surface area contributed by atoms with Gasteiger partial charge in [0.15, 0.2) is 0 Å². The van der Waals surface area contributed by atoms with Crippen LogP contribution in [0.15, 0.2) is 40.6 Å². The Morgan fingerprint density at radius 2 is 2.05 bits per heavy atom. The fraction of sp³-hybridized carbons (Fsp3) is 0. The number of benzene rings is 1. The van der Waals surface area contributed by atoms with Crippen LogP contribution in [0.25, 0.3) is 0 Å². The lowest BCUT2D eigenvalue weighted by Gasteiger charge is -2.06. The third kappa shape index (κ3) is 2.96. The number of hydrogen-bond acceptors (Lipinski definition) is 5. The number of sulfonamides is 1. The third-order valence-electron chi connectivity index (χ3n) is 2.32. The number of carboxylic acids is 1. The molecule has 0 bridgehead atoms. The molecule has 6 nitrogen and oxygen atoms in total. The lowest BCUT2D eigenvalue weighted by Crippen LogP contribution is -2.12. The number of carbonyl (C=O) groups is 1. The Balaban J connectivity index is 2.31. The largest absolute Gasteiger partial charge is 0.478 e. The van der Waals surface area contributed by atoms with Crippen LogP contribution in [-0.2, 0) is 10.0 Å². The second-order valence-corrected chi connectivity index (χ2v) is 6.71. The molecule has 0 aliphatic rings. The molecule has 0 amide bonds. The molecule has 2 N–H and O–H groups in total. The number of anilines is 1. The molecule has 0 fully saturated rings. The van der Waals surface area contributed by atoms with Crippen LogP contribution in [0.1, 0.15) is 15.2 Å². The predicted octanol–water partition coefficient (Wildman–Crippen LogP) is 2.12. The van der Waals surface area contributed by atoms with Crippen molar-refractivity contribution in [2.24, 2.45) is 0 Å². The first-order valence-electron chi connectivity index (χ1n) is 5.28. The van der Waals surface area contributed by atoms with E-state index >= 15 is 0 Å². The second-order valence-electron chi connectivity index (χ2n) is 3.72. The molecular formula is C12H8N2O4S2. The Kier molecular flexibility index (Phi) is 3.74. The van der Waals surface area contributed by atoms with Gasteiger partial charge in [-0.3, -0.25) is 4.72 Å². The summed E-state index contributed by atoms with van der Waals surface area (Å²) < 4.78 is 26.4. The number of hydrogen-bond donors (Lipinski definition) is 2. The average molecular weight is 308 g/mol. The van der Waals surface area contributed by atoms with Gasteiger partial charge >= 0.3 is 5.97 Å². The molecule has 0 atom stereocenters. The van der Waals surface area contributed by atoms with E-state index in [0.29, 0.717) is 0 Å². The van der Waals surface area contributed by atoms with Crippen LogP contribution in [0.5, 0.6) is 0 Å². The van der Waals surface area contributed by atoms with Gasteiger partial charge in [-0.1, -0.05) is 6.07 Å². The molecule has 2 rings (SSSR count). The van der Waals surface area contributed by atoms with E-state index in [1.807, 2.05) is 6.07 Å². The SMILES string of the molecule is N#Cc1ccc(S(=O)(=O)Nc2cccc(C(=O)O)c2)s1. The second kappa shape index (κ2) is 5.32. The summed E-state index contributed by atoms with van der Waals surface area (Å²) in [7, 11) is -3.82. The van der Waals surface area contributed by atoms with Crippen molar-refractivity contribution in [3.63, 3.8) is 0 Å². The normalized spacial score (nSPS) is 10.8. The molecule has 0 saturated carbocycles. The maximum Gasteiger partial charge on any atom is 0.335 e. The standard InChI is InChI=1S/C12H8N2O4S2/c13-7-10-4-5-11(19-10)20(17,18)14-9-3-1-2-8(6-9)12(15)16/h1-6,14H,(H,15,16). The van der Waals surface area contributed by atoms with Crippen molar-refractivity contribution in [3.05, 3.63) is 46.8 Å². The lowest BCUT2D eigenvalue weighted by atomic mass is 10.2. The monoisotopic (exact) mass is 308 g/mol. The minimum Gasteiger partial charge on any atom is -0.478 e. The maximum atomic E-state index is 12.1. The van der Waals surface area contributed by atoms with Crippen LogP contribution in [0.3, 0.4) is 0 Å². The zero-order chi connectivity index (χ0) is 14.8. The predicted molar refractivity (Wildman–Crippen MR) is 73.2 cm³/mol. The Labute approximate surface area is 119 Å². The van der Waals surface area contributed by atoms with E-state index in [1.54, 1.807) is 0 Å². The molecule has 8 heteroatoms. The Morgan fingerprint density at radius 3 is 2.65 bits per heavy atom. The van der Waals surface area contributed by atoms with Crippen LogP contribution in [-0.4, -0.2) is 19.5 Å². The van der Waals surface area contributed by atoms with Crippen LogP contribution < -0.4 is 4.72 Å². The maximum absolute atomic E-state index is 12.1. The summed E-state index contributed by atoms with van der Waals surface area (Å²) in [4.78, 5) is 11.1. The van der Waals surface area contributed by atoms with Gasteiger partial charge in [0.2, 0.25) is 0 Å². The molecule has 1 aromatic heterocycles. The average Bonchev–Trinajstić information content (AvgIpc) is 2.88. The molecule has 20 heavy (non-hydrogen) atoms. The Bertz CT molecular complexity index is 803. The van der Waals surface area contributed by atoms with Crippen molar-refractivity contribution in [1.29, 1.82) is 5.26 Å². The molecule has 102 valence electrons. The molecule has 2 aromatic rings. The van der Waals surface area contributed by atoms with E-state index in [-0.39, 0.29) is 20.3 Å². The van der Waals surface area contributed by atoms with Gasteiger partial charge in [0.1, 0.15) is 15.2 Å². The van der Waals surface area contributed by atoms with Gasteiger partial charge < -0.3 is 5.11 Å². The number of carboxylic acid groups (broad SMARTS) is 1. The van der Waals surface area contributed by atoms with E-state index in [1.165, 1.54) is 36.4 Å². The molecule has 1 heterocycles. The zero-order valence-electron chi connectivity index (χ0n) is 9.90. The third-order valence-corrected chi connectivity index (χ3v) is 5.18. The summed E-state index contributed by atoms with van der Waals surface area (Å²) in [6.07, 6.45) is 0. The number of aromatic carboxylic acids is 1. The molecular weight excluding hydrogens is 300 g/mol. The van der Waals surface area contributed by atoms with Crippen LogP contribution in [0.2, 0.25) is 0 Å². The number of nitrogens with one attached hydrogen (secondary N) is 1. The van der Waals surface area contributed by atoms with Gasteiger partial charge in [-0.25, -0.2) is 13.2 Å². The molecule has 0 saturated heterocycles. The molecule has 0 aliphatic carbocycles. The van der Waals surface area contributed by atoms with E-state index in [4.69, 9.17) is 10.4 Å². The van der Waals surface area contributed by atoms with Crippen LogP contribution in [0.4, 0.5) is 5.69 Å². The molecule has 0 spiro atoms. The van der Waals surface area contributed by atoms with Crippen molar-refractivity contribution in [2.45, 2.75) is 4.21 Å². The molecule has 0 aliphatic heterocycles. The molecule has 0 radical (unpaired) electrons. The number of thiophene rings is 1. The highest BCUT2D eigenvalue weighted by atomic mass is 32.2. The quantitative estimate of drug-likeness (QED) is 0.899. The topological polar surface area (TPSA) is 107 Å². The van der Waals surface area contributed by atoms with Gasteiger partial charge in [-0.2, -0.15) is 5.26 Å². The molecule has 1 aromatic carbocycles. The van der Waals surface area contributed by atoms with Gasteiger partial charge in [0, 0.05) is 5.69 Å². The minimum atomic E-state index is -3.82. The summed E-state index contributed by atoms with van der Waals surface area (Å²) in [5, 5.41) is 17.5. The van der Waals surface area contributed by atoms with Crippen LogP contribution in [0, 0.1) is 11.3 Å². The number of nitrogens with zero attached hydrogens (tertiary/aromatic N) is 1. The summed E-state index contributed by atoms with van der Waals surface area (Å²) in [6.45, 7) is 0. The van der Waals surface area contributed by atoms with Gasteiger partial charge in [0.05, 0.1) is 5.56 Å². The highest BCUT2D eigenvalue weighted by Crippen LogP contribution is 2.23. The Hall–Kier alpha value is -2.37. The van der Waals surface area contributed by atoms with Crippen molar-refractivity contribution in [1.82, 2.24) is 0 Å². The van der Waals surface area contributed by atoms with Crippen LogP contribution >= 0.6 is 11.3 Å². The summed E-state index contributed by atoms with van der Waals surface area (Å²) in [5.41, 5.74) is 0.130. The smallest absolute Gasteiger partial charge is 0.335 e. The van der Waals surface area contributed by atoms with Crippen molar-refractivity contribution >= 4 is 33.0 Å². The van der Waals surface area contributed by atoms with Gasteiger partial charge in [0.25, 0.3) is 10.0 Å². The minimum absolute atomic E-state index is 0.00484. The fourth-order valence-electron chi connectivity index (χ4n) is 1.45. The Morgan fingerprint density at radius 1 is 1.30 bits per heavy atom. The van der Waals surface area contributed by atoms with Gasteiger partial charge in [-0.05, 0) is 30.3 Å². The fourth-order valence-corrected chi connectivity index (χ4v) is 3.60. The first-order valence-corrected chi connectivity index (χ1v) is 7.58. The van der Waals surface area contributed by atoms with Crippen molar-refractivity contribution < 1.29 is 18.3 Å². The molecule has 0 unspecified atom stereocenters. The van der Waals surface area contributed by atoms with Gasteiger partial charge in [-0.15, -0.1) is 11.3 Å². The number of rotatable bonds is 4. The lowest BCUT2D eigenvalue weighted by molar-refractivity contribution is 0.0697. The first-order chi connectivity index (χ1) is 9.42. The summed E-state index contributed by atoms with van der Waals surface area (Å²) in [5.74, 6) is -1.14. The summed E-state index contributed by atoms with van der Waals surface area (Å²) in [6, 6.07) is 10.1. The first kappa shape index (κ1) is 14.0. The highest BCUT2D eigenvalue weighted by Gasteiger charge is 2.17.